The molecule has 0 unspecified atom stereocenters. The Hall–Kier alpha value is -3.74. The van der Waals surface area contributed by atoms with Gasteiger partial charge in [-0.15, -0.1) is 11.3 Å². The van der Waals surface area contributed by atoms with Crippen LogP contribution in [0.1, 0.15) is 40.9 Å². The number of hydrogen-bond donors (Lipinski definition) is 2. The quantitative estimate of drug-likeness (QED) is 0.208. The van der Waals surface area contributed by atoms with Crippen molar-refractivity contribution >= 4 is 54.9 Å². The maximum Gasteiger partial charge on any atom is 0.404 e. The first kappa shape index (κ1) is 31.7. The number of fused-ring (bicyclic) bond motifs is 1. The van der Waals surface area contributed by atoms with Gasteiger partial charge in [0.05, 0.1) is 27.1 Å². The number of sulfone groups is 1. The van der Waals surface area contributed by atoms with E-state index < -0.39 is 33.5 Å². The fraction of sp³-hybridized carbons (Fsp3) is 0.290. The molecule has 0 radical (unpaired) electrons. The number of benzene rings is 3. The predicted octanol–water partition coefficient (Wildman–Crippen LogP) is 7.13. The molecule has 0 atom stereocenters. The van der Waals surface area contributed by atoms with Gasteiger partial charge in [0.1, 0.15) is 22.3 Å². The Balaban J connectivity index is 1.53. The molecule has 0 spiro atoms. The smallest absolute Gasteiger partial charge is 0.404 e. The van der Waals surface area contributed by atoms with Gasteiger partial charge in [0.25, 0.3) is 5.91 Å². The molecule has 1 aliphatic rings. The Labute approximate surface area is 262 Å². The molecule has 0 saturated heterocycles. The fourth-order valence-corrected chi connectivity index (χ4v) is 7.73. The number of carbonyl (C=O) groups is 2. The van der Waals surface area contributed by atoms with Crippen LogP contribution in [-0.4, -0.2) is 55.9 Å². The molecular formula is C31H29ClF2N2O6S2. The van der Waals surface area contributed by atoms with E-state index in [0.29, 0.717) is 37.0 Å². The number of nitrogens with zero attached hydrogens (tertiary/aromatic N) is 1. The molecule has 1 fully saturated rings. The summed E-state index contributed by atoms with van der Waals surface area (Å²) >= 11 is 7.31. The SMILES string of the molecule is COc1ccc(-c2ccc(S(C)(=O)=O)cc2)cc1CN(C(=O)c1sc2c(F)ccc(F)c2c1Cl)C1CCC(NC(=O)O)CC1. The van der Waals surface area contributed by atoms with Gasteiger partial charge in [-0.2, -0.15) is 0 Å². The van der Waals surface area contributed by atoms with Gasteiger partial charge in [-0.3, -0.25) is 4.79 Å². The van der Waals surface area contributed by atoms with Gasteiger partial charge in [-0.1, -0.05) is 29.8 Å². The van der Waals surface area contributed by atoms with E-state index in [0.717, 1.165) is 40.9 Å². The van der Waals surface area contributed by atoms with Crippen LogP contribution in [-0.2, 0) is 16.4 Å². The highest BCUT2D eigenvalue weighted by molar-refractivity contribution is 7.90. The molecular weight excluding hydrogens is 634 g/mol. The first-order chi connectivity index (χ1) is 20.9. The van der Waals surface area contributed by atoms with E-state index in [1.807, 2.05) is 12.1 Å². The second kappa shape index (κ2) is 12.7. The first-order valence-electron chi connectivity index (χ1n) is 13.7. The normalized spacial score (nSPS) is 16.9. The monoisotopic (exact) mass is 662 g/mol. The summed E-state index contributed by atoms with van der Waals surface area (Å²) in [4.78, 5) is 27.2. The second-order valence-electron chi connectivity index (χ2n) is 10.7. The molecule has 232 valence electrons. The highest BCUT2D eigenvalue weighted by Gasteiger charge is 2.33. The van der Waals surface area contributed by atoms with E-state index in [9.17, 15) is 26.8 Å². The van der Waals surface area contributed by atoms with Crippen LogP contribution in [0, 0.1) is 11.6 Å². The van der Waals surface area contributed by atoms with Crippen LogP contribution in [0.3, 0.4) is 0 Å². The van der Waals surface area contributed by atoms with E-state index in [4.69, 9.17) is 21.4 Å². The summed E-state index contributed by atoms with van der Waals surface area (Å²) in [6.45, 7) is 0.0640. The van der Waals surface area contributed by atoms with Crippen LogP contribution < -0.4 is 10.1 Å². The van der Waals surface area contributed by atoms with Crippen molar-refractivity contribution in [3.63, 3.8) is 0 Å². The average molecular weight is 663 g/mol. The zero-order valence-electron chi connectivity index (χ0n) is 23.8. The third kappa shape index (κ3) is 6.52. The number of thiophene rings is 1. The van der Waals surface area contributed by atoms with E-state index >= 15 is 0 Å². The fourth-order valence-electron chi connectivity index (χ4n) is 5.60. The molecule has 2 N–H and O–H groups in total. The average Bonchev–Trinajstić information content (AvgIpc) is 3.35. The number of amides is 2. The standard InChI is InChI=1S/C31H29ClF2N2O6S2/c1-42-25-14-5-18(17-3-10-22(11-4-17)44(2,40)41)15-19(25)16-36(21-8-6-20(7-9-21)35-31(38)39)30(37)29-27(32)26-23(33)12-13-24(34)28(26)43-29/h3-5,10-15,20-21,35H,6-9,16H2,1-2H3,(H,38,39). The van der Waals surface area contributed by atoms with Crippen molar-refractivity contribution in [3.05, 3.63) is 81.7 Å². The van der Waals surface area contributed by atoms with E-state index in [1.54, 1.807) is 23.1 Å². The van der Waals surface area contributed by atoms with Gasteiger partial charge in [0.15, 0.2) is 9.84 Å². The van der Waals surface area contributed by atoms with Crippen molar-refractivity contribution < 1.29 is 36.6 Å². The highest BCUT2D eigenvalue weighted by atomic mass is 35.5. The third-order valence-electron chi connectivity index (χ3n) is 7.84. The predicted molar refractivity (Wildman–Crippen MR) is 165 cm³/mol. The van der Waals surface area contributed by atoms with Crippen molar-refractivity contribution in [2.75, 3.05) is 13.4 Å². The summed E-state index contributed by atoms with van der Waals surface area (Å²) in [6, 6.07) is 13.2. The molecule has 4 aromatic rings. The van der Waals surface area contributed by atoms with Gasteiger partial charge in [0, 0.05) is 30.4 Å². The number of rotatable bonds is 8. The zero-order chi connectivity index (χ0) is 31.8. The number of nitrogens with one attached hydrogen (secondary N) is 1. The number of methoxy groups -OCH3 is 1. The summed E-state index contributed by atoms with van der Waals surface area (Å²) in [5, 5.41) is 11.3. The molecule has 13 heteroatoms. The van der Waals surface area contributed by atoms with Crippen LogP contribution in [0.2, 0.25) is 5.02 Å². The molecule has 0 aliphatic heterocycles. The van der Waals surface area contributed by atoms with E-state index in [2.05, 4.69) is 5.32 Å². The lowest BCUT2D eigenvalue weighted by Crippen LogP contribution is -2.45. The summed E-state index contributed by atoms with van der Waals surface area (Å²) in [6.07, 6.45) is 1.97. The molecule has 2 amide bonds. The van der Waals surface area contributed by atoms with E-state index in [1.165, 1.54) is 19.2 Å². The maximum absolute atomic E-state index is 14.7. The van der Waals surface area contributed by atoms with Crippen LogP contribution >= 0.6 is 22.9 Å². The Bertz CT molecular complexity index is 1840. The minimum absolute atomic E-state index is 0.00272. The van der Waals surface area contributed by atoms with Crippen molar-refractivity contribution in [1.29, 1.82) is 0 Å². The maximum atomic E-state index is 14.7. The molecule has 44 heavy (non-hydrogen) atoms. The van der Waals surface area contributed by atoms with Crippen LogP contribution in [0.5, 0.6) is 5.75 Å². The minimum Gasteiger partial charge on any atom is -0.496 e. The third-order valence-corrected chi connectivity index (χ3v) is 10.6. The second-order valence-corrected chi connectivity index (χ2v) is 14.1. The Morgan fingerprint density at radius 3 is 2.25 bits per heavy atom. The molecule has 0 bridgehead atoms. The number of carbonyl (C=O) groups excluding carboxylic acids is 1. The summed E-state index contributed by atoms with van der Waals surface area (Å²) < 4.78 is 58.7. The van der Waals surface area contributed by atoms with Crippen molar-refractivity contribution in [1.82, 2.24) is 10.2 Å². The lowest BCUT2D eigenvalue weighted by molar-refractivity contribution is 0.0601. The molecule has 1 saturated carbocycles. The number of halogens is 3. The summed E-state index contributed by atoms with van der Waals surface area (Å²) in [5.74, 6) is -1.42. The summed E-state index contributed by atoms with van der Waals surface area (Å²) in [7, 11) is -1.87. The van der Waals surface area contributed by atoms with E-state index in [-0.39, 0.29) is 43.5 Å². The van der Waals surface area contributed by atoms with Gasteiger partial charge in [-0.05, 0) is 73.2 Å². The summed E-state index contributed by atoms with van der Waals surface area (Å²) in [5.41, 5.74) is 2.15. The van der Waals surface area contributed by atoms with Crippen LogP contribution in [0.4, 0.5) is 13.6 Å². The molecule has 8 nitrogen and oxygen atoms in total. The molecule has 5 rings (SSSR count). The van der Waals surface area contributed by atoms with Crippen LogP contribution in [0.25, 0.3) is 21.2 Å². The molecule has 3 aromatic carbocycles. The van der Waals surface area contributed by atoms with Gasteiger partial charge < -0.3 is 20.1 Å². The van der Waals surface area contributed by atoms with Crippen LogP contribution in [0.15, 0.2) is 59.5 Å². The van der Waals surface area contributed by atoms with Crippen molar-refractivity contribution in [2.45, 2.75) is 49.2 Å². The largest absolute Gasteiger partial charge is 0.496 e. The molecule has 1 heterocycles. The van der Waals surface area contributed by atoms with Crippen molar-refractivity contribution in [3.8, 4) is 16.9 Å². The topological polar surface area (TPSA) is 113 Å². The first-order valence-corrected chi connectivity index (χ1v) is 16.8. The molecule has 1 aliphatic carbocycles. The Morgan fingerprint density at radius 2 is 1.66 bits per heavy atom. The minimum atomic E-state index is -3.37. The number of ether oxygens (including phenoxy) is 1. The zero-order valence-corrected chi connectivity index (χ0v) is 26.2. The van der Waals surface area contributed by atoms with Crippen molar-refractivity contribution in [2.24, 2.45) is 0 Å². The lowest BCUT2D eigenvalue weighted by atomic mass is 9.89. The molecule has 1 aromatic heterocycles. The van der Waals surface area contributed by atoms with Gasteiger partial charge in [0.2, 0.25) is 0 Å². The van der Waals surface area contributed by atoms with Gasteiger partial charge >= 0.3 is 6.09 Å². The number of hydrogen-bond acceptors (Lipinski definition) is 6. The lowest BCUT2D eigenvalue weighted by Gasteiger charge is -2.37. The highest BCUT2D eigenvalue weighted by Crippen LogP contribution is 2.40. The number of carboxylic acid groups (broad SMARTS) is 1. The van der Waals surface area contributed by atoms with Gasteiger partial charge in [-0.25, -0.2) is 22.0 Å². The Kier molecular flexibility index (Phi) is 9.15. The Morgan fingerprint density at radius 1 is 1.02 bits per heavy atom.